The Labute approximate surface area is 124 Å². The van der Waals surface area contributed by atoms with Crippen LogP contribution in [0.2, 0.25) is 0 Å². The van der Waals surface area contributed by atoms with Crippen molar-refractivity contribution in [1.29, 1.82) is 0 Å². The molecular weight excluding hydrogens is 262 g/mol. The molecule has 21 heavy (non-hydrogen) atoms. The van der Waals surface area contributed by atoms with Crippen molar-refractivity contribution in [3.05, 3.63) is 47.1 Å². The second-order valence-corrected chi connectivity index (χ2v) is 6.72. The van der Waals surface area contributed by atoms with E-state index in [2.05, 4.69) is 34.4 Å². The Morgan fingerprint density at radius 3 is 2.71 bits per heavy atom. The Balaban J connectivity index is 1.57. The summed E-state index contributed by atoms with van der Waals surface area (Å²) in [7, 11) is 0. The minimum absolute atomic E-state index is 0.354. The van der Waals surface area contributed by atoms with Crippen LogP contribution in [-0.2, 0) is 18.4 Å². The van der Waals surface area contributed by atoms with Gasteiger partial charge in [-0.3, -0.25) is 0 Å². The van der Waals surface area contributed by atoms with E-state index in [0.29, 0.717) is 17.7 Å². The van der Waals surface area contributed by atoms with Crippen molar-refractivity contribution >= 4 is 0 Å². The third kappa shape index (κ3) is 2.27. The summed E-state index contributed by atoms with van der Waals surface area (Å²) < 4.78 is 5.49. The Morgan fingerprint density at radius 2 is 1.95 bits per heavy atom. The zero-order valence-electron chi connectivity index (χ0n) is 12.4. The van der Waals surface area contributed by atoms with Gasteiger partial charge >= 0.3 is 0 Å². The van der Waals surface area contributed by atoms with Crippen LogP contribution in [0.15, 0.2) is 28.8 Å². The van der Waals surface area contributed by atoms with Gasteiger partial charge in [-0.15, -0.1) is 0 Å². The quantitative estimate of drug-likeness (QED) is 0.940. The largest absolute Gasteiger partial charge is 0.337 e. The lowest BCUT2D eigenvalue weighted by Crippen LogP contribution is -2.35. The van der Waals surface area contributed by atoms with Crippen LogP contribution < -0.4 is 5.73 Å². The number of hydrogen-bond donors (Lipinski definition) is 1. The van der Waals surface area contributed by atoms with E-state index >= 15 is 0 Å². The first-order valence-corrected chi connectivity index (χ1v) is 7.84. The molecule has 2 N–H and O–H groups in total. The fourth-order valence-corrected chi connectivity index (χ4v) is 3.40. The van der Waals surface area contributed by atoms with Gasteiger partial charge in [0.1, 0.15) is 0 Å². The fourth-order valence-electron chi connectivity index (χ4n) is 3.40. The van der Waals surface area contributed by atoms with Gasteiger partial charge in [-0.2, -0.15) is 4.98 Å². The van der Waals surface area contributed by atoms with E-state index in [4.69, 9.17) is 10.3 Å². The van der Waals surface area contributed by atoms with Gasteiger partial charge in [-0.25, -0.2) is 0 Å². The van der Waals surface area contributed by atoms with Gasteiger partial charge < -0.3 is 10.3 Å². The van der Waals surface area contributed by atoms with E-state index in [1.807, 2.05) is 6.92 Å². The average molecular weight is 283 g/mol. The third-order valence-electron chi connectivity index (χ3n) is 5.04. The molecule has 0 amide bonds. The second kappa shape index (κ2) is 4.67. The lowest BCUT2D eigenvalue weighted by atomic mass is 9.83. The molecule has 2 unspecified atom stereocenters. The van der Waals surface area contributed by atoms with Crippen molar-refractivity contribution in [3.63, 3.8) is 0 Å². The molecule has 2 atom stereocenters. The molecule has 1 heterocycles. The predicted octanol–water partition coefficient (Wildman–Crippen LogP) is 2.93. The molecule has 2 aromatic rings. The highest BCUT2D eigenvalue weighted by atomic mass is 16.5. The summed E-state index contributed by atoms with van der Waals surface area (Å²) in [5.41, 5.74) is 8.78. The summed E-state index contributed by atoms with van der Waals surface area (Å²) in [6, 6.07) is 8.64. The molecule has 1 aromatic heterocycles. The molecule has 0 bridgehead atoms. The van der Waals surface area contributed by atoms with Crippen LogP contribution in [0.1, 0.15) is 54.9 Å². The summed E-state index contributed by atoms with van der Waals surface area (Å²) >= 11 is 0. The third-order valence-corrected chi connectivity index (χ3v) is 5.04. The first-order valence-electron chi connectivity index (χ1n) is 7.84. The number of nitrogens with two attached hydrogens (primary N) is 1. The number of rotatable bonds is 3. The van der Waals surface area contributed by atoms with Crippen molar-refractivity contribution < 1.29 is 4.52 Å². The number of hydrogen-bond acceptors (Lipinski definition) is 4. The molecule has 110 valence electrons. The maximum absolute atomic E-state index is 6.37. The van der Waals surface area contributed by atoms with Crippen molar-refractivity contribution in [2.75, 3.05) is 0 Å². The molecule has 1 fully saturated rings. The van der Waals surface area contributed by atoms with Crippen molar-refractivity contribution in [1.82, 2.24) is 10.1 Å². The number of benzene rings is 1. The van der Waals surface area contributed by atoms with Gasteiger partial charge in [-0.1, -0.05) is 29.4 Å². The zero-order valence-corrected chi connectivity index (χ0v) is 12.4. The lowest BCUT2D eigenvalue weighted by molar-refractivity contribution is 0.271. The molecule has 1 aromatic carbocycles. The minimum Gasteiger partial charge on any atom is -0.337 e. The highest BCUT2D eigenvalue weighted by Crippen LogP contribution is 2.43. The van der Waals surface area contributed by atoms with Crippen molar-refractivity contribution in [3.8, 4) is 0 Å². The summed E-state index contributed by atoms with van der Waals surface area (Å²) in [4.78, 5) is 4.64. The van der Waals surface area contributed by atoms with E-state index < -0.39 is 5.54 Å². The predicted molar refractivity (Wildman–Crippen MR) is 79.8 cm³/mol. The van der Waals surface area contributed by atoms with Gasteiger partial charge in [0.15, 0.2) is 5.82 Å². The number of fused-ring (bicyclic) bond motifs is 1. The molecule has 4 nitrogen and oxygen atoms in total. The van der Waals surface area contributed by atoms with Gasteiger partial charge in [0, 0.05) is 5.92 Å². The zero-order chi connectivity index (χ0) is 14.4. The summed E-state index contributed by atoms with van der Waals surface area (Å²) in [5.74, 6) is 2.29. The van der Waals surface area contributed by atoms with Crippen LogP contribution in [0.4, 0.5) is 0 Å². The maximum Gasteiger partial charge on any atom is 0.246 e. The topological polar surface area (TPSA) is 64.9 Å². The van der Waals surface area contributed by atoms with Crippen LogP contribution in [0.3, 0.4) is 0 Å². The fraction of sp³-hybridized carbons (Fsp3) is 0.529. The SMILES string of the molecule is CC(N)(c1nc(C2CCc3ccccc3C2)no1)C1CC1. The van der Waals surface area contributed by atoms with Crippen LogP contribution in [0.25, 0.3) is 0 Å². The highest BCUT2D eigenvalue weighted by molar-refractivity contribution is 5.31. The van der Waals surface area contributed by atoms with Crippen LogP contribution in [0.5, 0.6) is 0 Å². The number of nitrogens with zero attached hydrogens (tertiary/aromatic N) is 2. The Kier molecular flexibility index (Phi) is 2.89. The molecule has 0 saturated heterocycles. The Hall–Kier alpha value is -1.68. The van der Waals surface area contributed by atoms with E-state index in [1.165, 1.54) is 24.0 Å². The summed E-state index contributed by atoms with van der Waals surface area (Å²) in [6.45, 7) is 2.01. The molecular formula is C17H21N3O. The second-order valence-electron chi connectivity index (χ2n) is 6.72. The van der Waals surface area contributed by atoms with E-state index in [9.17, 15) is 0 Å². The minimum atomic E-state index is -0.460. The van der Waals surface area contributed by atoms with E-state index in [1.54, 1.807) is 0 Å². The highest BCUT2D eigenvalue weighted by Gasteiger charge is 2.44. The molecule has 4 heteroatoms. The molecule has 0 aliphatic heterocycles. The standard InChI is InChI=1S/C17H21N3O/c1-17(18,14-8-9-14)16-19-15(20-21-16)13-7-6-11-4-2-3-5-12(11)10-13/h2-5,13-14H,6-10,18H2,1H3. The first-order chi connectivity index (χ1) is 10.1. The van der Waals surface area contributed by atoms with Crippen LogP contribution in [0, 0.1) is 5.92 Å². The number of aryl methyl sites for hydroxylation is 1. The summed E-state index contributed by atoms with van der Waals surface area (Å²) in [5, 5.41) is 4.22. The van der Waals surface area contributed by atoms with Gasteiger partial charge in [0.2, 0.25) is 5.89 Å². The molecule has 1 saturated carbocycles. The summed E-state index contributed by atoms with van der Waals surface area (Å²) in [6.07, 6.45) is 5.51. The van der Waals surface area contributed by atoms with E-state index in [0.717, 1.165) is 25.1 Å². The molecule has 2 aliphatic carbocycles. The van der Waals surface area contributed by atoms with E-state index in [-0.39, 0.29) is 0 Å². The molecule has 0 spiro atoms. The van der Waals surface area contributed by atoms with Crippen LogP contribution >= 0.6 is 0 Å². The number of aromatic nitrogens is 2. The Bertz CT molecular complexity index is 658. The normalized spacial score (nSPS) is 24.4. The smallest absolute Gasteiger partial charge is 0.246 e. The average Bonchev–Trinajstić information content (AvgIpc) is 3.24. The van der Waals surface area contributed by atoms with Gasteiger partial charge in [-0.05, 0) is 56.1 Å². The molecule has 2 aliphatic rings. The molecule has 0 radical (unpaired) electrons. The maximum atomic E-state index is 6.37. The van der Waals surface area contributed by atoms with Crippen LogP contribution in [-0.4, -0.2) is 10.1 Å². The monoisotopic (exact) mass is 283 g/mol. The van der Waals surface area contributed by atoms with Crippen molar-refractivity contribution in [2.24, 2.45) is 11.7 Å². The van der Waals surface area contributed by atoms with Gasteiger partial charge in [0.05, 0.1) is 5.54 Å². The molecule has 4 rings (SSSR count). The van der Waals surface area contributed by atoms with Gasteiger partial charge in [0.25, 0.3) is 0 Å². The first kappa shape index (κ1) is 13.0. The Morgan fingerprint density at radius 1 is 1.19 bits per heavy atom. The van der Waals surface area contributed by atoms with Crippen molar-refractivity contribution in [2.45, 2.75) is 50.5 Å². The lowest BCUT2D eigenvalue weighted by Gasteiger charge is -2.22.